The third-order valence-electron chi connectivity index (χ3n) is 4.53. The quantitative estimate of drug-likeness (QED) is 0.771. The van der Waals surface area contributed by atoms with Gasteiger partial charge in [-0.05, 0) is 50.2 Å². The van der Waals surface area contributed by atoms with E-state index in [-0.39, 0.29) is 0 Å². The molecule has 2 fully saturated rings. The van der Waals surface area contributed by atoms with E-state index in [2.05, 4.69) is 17.1 Å². The topological polar surface area (TPSA) is 44.7 Å². The first-order valence-electron chi connectivity index (χ1n) is 7.41. The molecule has 0 bridgehead atoms. The summed E-state index contributed by atoms with van der Waals surface area (Å²) < 4.78 is 5.37. The van der Waals surface area contributed by atoms with Crippen molar-refractivity contribution in [1.29, 1.82) is 0 Å². The van der Waals surface area contributed by atoms with Gasteiger partial charge in [-0.15, -0.1) is 0 Å². The molecule has 2 saturated heterocycles. The molecule has 4 heteroatoms. The van der Waals surface area contributed by atoms with E-state index in [4.69, 9.17) is 4.74 Å². The van der Waals surface area contributed by atoms with Crippen LogP contribution in [0.2, 0.25) is 0 Å². The SMILES string of the molecule is CC1CNCC(CCN2CCOCC2)CC1CO. The second-order valence-corrected chi connectivity index (χ2v) is 5.92. The van der Waals surface area contributed by atoms with Crippen LogP contribution in [0.4, 0.5) is 0 Å². The number of hydrogen-bond donors (Lipinski definition) is 2. The van der Waals surface area contributed by atoms with Gasteiger partial charge in [0.15, 0.2) is 0 Å². The molecular weight excluding hydrogens is 228 g/mol. The molecule has 0 amide bonds. The second kappa shape index (κ2) is 7.43. The Labute approximate surface area is 111 Å². The highest BCUT2D eigenvalue weighted by molar-refractivity contribution is 4.79. The van der Waals surface area contributed by atoms with Crippen LogP contribution in [-0.4, -0.2) is 62.6 Å². The van der Waals surface area contributed by atoms with Crippen molar-refractivity contribution in [2.24, 2.45) is 17.8 Å². The van der Waals surface area contributed by atoms with Crippen LogP contribution in [0.5, 0.6) is 0 Å². The fraction of sp³-hybridized carbons (Fsp3) is 1.00. The Morgan fingerprint density at radius 1 is 1.28 bits per heavy atom. The summed E-state index contributed by atoms with van der Waals surface area (Å²) in [7, 11) is 0. The Morgan fingerprint density at radius 2 is 2.06 bits per heavy atom. The van der Waals surface area contributed by atoms with Crippen molar-refractivity contribution in [3.05, 3.63) is 0 Å². The van der Waals surface area contributed by atoms with Gasteiger partial charge in [0.25, 0.3) is 0 Å². The molecule has 106 valence electrons. The van der Waals surface area contributed by atoms with Crippen LogP contribution >= 0.6 is 0 Å². The minimum absolute atomic E-state index is 0.344. The smallest absolute Gasteiger partial charge is 0.0594 e. The summed E-state index contributed by atoms with van der Waals surface area (Å²) in [5.74, 6) is 1.80. The van der Waals surface area contributed by atoms with Crippen molar-refractivity contribution in [3.8, 4) is 0 Å². The molecule has 3 unspecified atom stereocenters. The van der Waals surface area contributed by atoms with E-state index in [1.165, 1.54) is 19.4 Å². The lowest BCUT2D eigenvalue weighted by molar-refractivity contribution is 0.0347. The van der Waals surface area contributed by atoms with Crippen LogP contribution in [0.1, 0.15) is 19.8 Å². The molecule has 2 aliphatic heterocycles. The number of rotatable bonds is 4. The Kier molecular flexibility index (Phi) is 5.89. The zero-order valence-corrected chi connectivity index (χ0v) is 11.6. The van der Waals surface area contributed by atoms with Gasteiger partial charge in [-0.2, -0.15) is 0 Å². The summed E-state index contributed by atoms with van der Waals surface area (Å²) in [6, 6.07) is 0. The van der Waals surface area contributed by atoms with Crippen molar-refractivity contribution < 1.29 is 9.84 Å². The summed E-state index contributed by atoms with van der Waals surface area (Å²) in [4.78, 5) is 2.51. The number of nitrogens with one attached hydrogen (secondary N) is 1. The van der Waals surface area contributed by atoms with Crippen LogP contribution < -0.4 is 5.32 Å². The monoisotopic (exact) mass is 256 g/mol. The predicted molar refractivity (Wildman–Crippen MR) is 72.6 cm³/mol. The Morgan fingerprint density at radius 3 is 2.78 bits per heavy atom. The largest absolute Gasteiger partial charge is 0.396 e. The summed E-state index contributed by atoms with van der Waals surface area (Å²) in [6.07, 6.45) is 2.42. The highest BCUT2D eigenvalue weighted by atomic mass is 16.5. The maximum absolute atomic E-state index is 9.47. The first-order chi connectivity index (χ1) is 8.79. The minimum atomic E-state index is 0.344. The van der Waals surface area contributed by atoms with Crippen molar-refractivity contribution in [1.82, 2.24) is 10.2 Å². The summed E-state index contributed by atoms with van der Waals surface area (Å²) >= 11 is 0. The first-order valence-corrected chi connectivity index (χ1v) is 7.41. The standard InChI is InChI=1S/C14H28N2O2/c1-12-9-15-10-13(8-14(12)11-17)2-3-16-4-6-18-7-5-16/h12-15,17H,2-11H2,1H3. The maximum atomic E-state index is 9.47. The van der Waals surface area contributed by atoms with Crippen molar-refractivity contribution in [2.45, 2.75) is 19.8 Å². The Bertz CT molecular complexity index is 232. The van der Waals surface area contributed by atoms with Crippen LogP contribution in [0.25, 0.3) is 0 Å². The summed E-state index contributed by atoms with van der Waals surface area (Å²) in [5, 5.41) is 13.0. The summed E-state index contributed by atoms with van der Waals surface area (Å²) in [5.41, 5.74) is 0. The maximum Gasteiger partial charge on any atom is 0.0594 e. The Hall–Kier alpha value is -0.160. The molecular formula is C14H28N2O2. The van der Waals surface area contributed by atoms with E-state index < -0.39 is 0 Å². The molecule has 0 aromatic rings. The van der Waals surface area contributed by atoms with Gasteiger partial charge in [0.2, 0.25) is 0 Å². The number of morpholine rings is 1. The molecule has 0 radical (unpaired) electrons. The molecule has 0 aromatic carbocycles. The molecule has 4 nitrogen and oxygen atoms in total. The zero-order chi connectivity index (χ0) is 12.8. The van der Waals surface area contributed by atoms with Gasteiger partial charge < -0.3 is 15.2 Å². The number of aliphatic hydroxyl groups is 1. The lowest BCUT2D eigenvalue weighted by atomic mass is 9.86. The molecule has 2 heterocycles. The molecule has 0 aromatic heterocycles. The van der Waals surface area contributed by atoms with Crippen LogP contribution in [0, 0.1) is 17.8 Å². The summed E-state index contributed by atoms with van der Waals surface area (Å²) in [6.45, 7) is 9.89. The normalized spacial score (nSPS) is 35.3. The van der Waals surface area contributed by atoms with Crippen molar-refractivity contribution >= 4 is 0 Å². The molecule has 2 aliphatic rings. The number of nitrogens with zero attached hydrogens (tertiary/aromatic N) is 1. The van der Waals surface area contributed by atoms with Gasteiger partial charge in [-0.1, -0.05) is 6.92 Å². The van der Waals surface area contributed by atoms with Gasteiger partial charge in [0, 0.05) is 19.7 Å². The molecule has 0 aliphatic carbocycles. The van der Waals surface area contributed by atoms with Crippen molar-refractivity contribution in [3.63, 3.8) is 0 Å². The van der Waals surface area contributed by atoms with Gasteiger partial charge in [-0.25, -0.2) is 0 Å². The molecule has 2 rings (SSSR count). The van der Waals surface area contributed by atoms with E-state index in [0.717, 1.165) is 45.3 Å². The minimum Gasteiger partial charge on any atom is -0.396 e. The molecule has 3 atom stereocenters. The molecule has 0 saturated carbocycles. The van der Waals surface area contributed by atoms with E-state index in [1.807, 2.05) is 0 Å². The predicted octanol–water partition coefficient (Wildman–Crippen LogP) is 0.563. The van der Waals surface area contributed by atoms with E-state index in [0.29, 0.717) is 18.4 Å². The van der Waals surface area contributed by atoms with E-state index in [1.54, 1.807) is 0 Å². The van der Waals surface area contributed by atoms with Crippen LogP contribution in [0.15, 0.2) is 0 Å². The van der Waals surface area contributed by atoms with Crippen molar-refractivity contribution in [2.75, 3.05) is 52.5 Å². The third-order valence-corrected chi connectivity index (χ3v) is 4.53. The first kappa shape index (κ1) is 14.3. The third kappa shape index (κ3) is 4.19. The highest BCUT2D eigenvalue weighted by Gasteiger charge is 2.25. The Balaban J connectivity index is 1.73. The highest BCUT2D eigenvalue weighted by Crippen LogP contribution is 2.25. The van der Waals surface area contributed by atoms with Crippen LogP contribution in [-0.2, 0) is 4.74 Å². The number of aliphatic hydroxyl groups excluding tert-OH is 1. The molecule has 0 spiro atoms. The second-order valence-electron chi connectivity index (χ2n) is 5.92. The molecule has 18 heavy (non-hydrogen) atoms. The van der Waals surface area contributed by atoms with E-state index in [9.17, 15) is 5.11 Å². The van der Waals surface area contributed by atoms with Gasteiger partial charge >= 0.3 is 0 Å². The molecule has 2 N–H and O–H groups in total. The van der Waals surface area contributed by atoms with E-state index >= 15 is 0 Å². The lowest BCUT2D eigenvalue weighted by Gasteiger charge is -2.28. The van der Waals surface area contributed by atoms with Gasteiger partial charge in [0.1, 0.15) is 0 Å². The average Bonchev–Trinajstić information content (AvgIpc) is 2.59. The van der Waals surface area contributed by atoms with Gasteiger partial charge in [-0.3, -0.25) is 4.90 Å². The number of ether oxygens (including phenoxy) is 1. The zero-order valence-electron chi connectivity index (χ0n) is 11.6. The fourth-order valence-corrected chi connectivity index (χ4v) is 3.09. The fourth-order valence-electron chi connectivity index (χ4n) is 3.09. The average molecular weight is 256 g/mol. The van der Waals surface area contributed by atoms with Crippen LogP contribution in [0.3, 0.4) is 0 Å². The van der Waals surface area contributed by atoms with Gasteiger partial charge in [0.05, 0.1) is 13.2 Å². The lowest BCUT2D eigenvalue weighted by Crippen LogP contribution is -2.38. The number of hydrogen-bond acceptors (Lipinski definition) is 4.